The molecule has 1 fully saturated rings. The Morgan fingerprint density at radius 3 is 2.72 bits per heavy atom. The lowest BCUT2D eigenvalue weighted by molar-refractivity contribution is -0.126. The average molecular weight is 311 g/mol. The molecule has 0 radical (unpaired) electrons. The van der Waals surface area contributed by atoms with Gasteiger partial charge >= 0.3 is 0 Å². The van der Waals surface area contributed by atoms with Crippen molar-refractivity contribution in [1.29, 1.82) is 0 Å². The first-order chi connectivity index (χ1) is 8.51. The van der Waals surface area contributed by atoms with Crippen LogP contribution >= 0.6 is 15.9 Å². The Morgan fingerprint density at radius 2 is 2.11 bits per heavy atom. The van der Waals surface area contributed by atoms with Gasteiger partial charge in [-0.15, -0.1) is 0 Å². The summed E-state index contributed by atoms with van der Waals surface area (Å²) in [6.45, 7) is 1.98. The molecule has 0 spiro atoms. The fraction of sp³-hybridized carbons (Fsp3) is 0.500. The quantitative estimate of drug-likeness (QED) is 0.902. The van der Waals surface area contributed by atoms with E-state index in [-0.39, 0.29) is 11.9 Å². The van der Waals surface area contributed by atoms with Crippen LogP contribution in [0.5, 0.6) is 0 Å². The zero-order chi connectivity index (χ0) is 13.2. The first-order valence-corrected chi connectivity index (χ1v) is 7.16. The molecule has 18 heavy (non-hydrogen) atoms. The summed E-state index contributed by atoms with van der Waals surface area (Å²) in [6.07, 6.45) is 3.69. The predicted molar refractivity (Wildman–Crippen MR) is 76.1 cm³/mol. The van der Waals surface area contributed by atoms with Gasteiger partial charge in [0.2, 0.25) is 5.91 Å². The van der Waals surface area contributed by atoms with Gasteiger partial charge < -0.3 is 11.1 Å². The van der Waals surface area contributed by atoms with E-state index in [2.05, 4.69) is 21.2 Å². The second-order valence-corrected chi connectivity index (χ2v) is 6.03. The van der Waals surface area contributed by atoms with E-state index in [0.29, 0.717) is 0 Å². The molecule has 1 atom stereocenters. The van der Waals surface area contributed by atoms with Crippen molar-refractivity contribution < 1.29 is 4.79 Å². The molecule has 0 bridgehead atoms. The molecule has 0 saturated heterocycles. The number of hydrogen-bond acceptors (Lipinski definition) is 2. The number of nitrogens with two attached hydrogens (primary N) is 1. The molecule has 1 aliphatic carbocycles. The lowest BCUT2D eigenvalue weighted by Crippen LogP contribution is -2.52. The van der Waals surface area contributed by atoms with E-state index in [1.807, 2.05) is 31.2 Å². The number of benzene rings is 1. The molecule has 1 aliphatic rings. The summed E-state index contributed by atoms with van der Waals surface area (Å²) >= 11 is 3.44. The highest BCUT2D eigenvalue weighted by molar-refractivity contribution is 9.10. The first-order valence-electron chi connectivity index (χ1n) is 6.36. The Balaban J connectivity index is 2.03. The largest absolute Gasteiger partial charge is 0.348 e. The van der Waals surface area contributed by atoms with Gasteiger partial charge in [-0.1, -0.05) is 40.9 Å². The van der Waals surface area contributed by atoms with E-state index in [1.54, 1.807) is 0 Å². The van der Waals surface area contributed by atoms with Gasteiger partial charge in [0, 0.05) is 4.47 Å². The zero-order valence-electron chi connectivity index (χ0n) is 10.6. The summed E-state index contributed by atoms with van der Waals surface area (Å²) in [4.78, 5) is 12.2. The van der Waals surface area contributed by atoms with Crippen molar-refractivity contribution in [1.82, 2.24) is 5.32 Å². The van der Waals surface area contributed by atoms with E-state index < -0.39 is 5.54 Å². The van der Waals surface area contributed by atoms with Gasteiger partial charge in [-0.3, -0.25) is 4.79 Å². The van der Waals surface area contributed by atoms with Gasteiger partial charge in [0.05, 0.1) is 11.6 Å². The van der Waals surface area contributed by atoms with Gasteiger partial charge in [-0.05, 0) is 37.5 Å². The lowest BCUT2D eigenvalue weighted by atomic mass is 9.97. The molecule has 0 aliphatic heterocycles. The average Bonchev–Trinajstić information content (AvgIpc) is 2.77. The minimum Gasteiger partial charge on any atom is -0.348 e. The van der Waals surface area contributed by atoms with Crippen LogP contribution in [0.2, 0.25) is 0 Å². The number of carbonyl (C=O) groups excluding carboxylic acids is 1. The minimum atomic E-state index is -0.653. The third-order valence-corrected chi connectivity index (χ3v) is 4.14. The molecular weight excluding hydrogens is 292 g/mol. The predicted octanol–water partition coefficient (Wildman–Crippen LogP) is 2.90. The highest BCUT2D eigenvalue weighted by atomic mass is 79.9. The first kappa shape index (κ1) is 13.6. The Bertz CT molecular complexity index is 441. The fourth-order valence-electron chi connectivity index (χ4n) is 2.43. The van der Waals surface area contributed by atoms with Crippen molar-refractivity contribution in [3.8, 4) is 0 Å². The van der Waals surface area contributed by atoms with Gasteiger partial charge in [0.15, 0.2) is 0 Å². The number of carbonyl (C=O) groups is 1. The van der Waals surface area contributed by atoms with Crippen molar-refractivity contribution in [2.24, 2.45) is 5.73 Å². The normalized spacial score (nSPS) is 19.5. The van der Waals surface area contributed by atoms with Crippen LogP contribution in [0.3, 0.4) is 0 Å². The van der Waals surface area contributed by atoms with Crippen LogP contribution in [-0.4, -0.2) is 11.4 Å². The van der Waals surface area contributed by atoms with Crippen molar-refractivity contribution in [2.45, 2.75) is 44.2 Å². The molecule has 1 saturated carbocycles. The van der Waals surface area contributed by atoms with Crippen LogP contribution in [0.1, 0.15) is 44.2 Å². The van der Waals surface area contributed by atoms with E-state index in [0.717, 1.165) is 35.7 Å². The van der Waals surface area contributed by atoms with Gasteiger partial charge in [-0.25, -0.2) is 0 Å². The van der Waals surface area contributed by atoms with E-state index in [9.17, 15) is 4.79 Å². The summed E-state index contributed by atoms with van der Waals surface area (Å²) < 4.78 is 1.02. The standard InChI is InChI=1S/C14H19BrN2O/c1-10(11-5-4-6-12(15)9-11)17-13(18)14(16)7-2-3-8-14/h4-6,9-10H,2-3,7-8,16H2,1H3,(H,17,18). The number of halogens is 1. The smallest absolute Gasteiger partial charge is 0.240 e. The Kier molecular flexibility index (Phi) is 4.07. The highest BCUT2D eigenvalue weighted by Gasteiger charge is 2.37. The number of amides is 1. The molecule has 1 unspecified atom stereocenters. The zero-order valence-corrected chi connectivity index (χ0v) is 12.2. The monoisotopic (exact) mass is 310 g/mol. The second-order valence-electron chi connectivity index (χ2n) is 5.11. The van der Waals surface area contributed by atoms with Crippen LogP contribution in [0.15, 0.2) is 28.7 Å². The van der Waals surface area contributed by atoms with Gasteiger partial charge in [0.25, 0.3) is 0 Å². The van der Waals surface area contributed by atoms with E-state index in [4.69, 9.17) is 5.73 Å². The van der Waals surface area contributed by atoms with Crippen LogP contribution in [0.4, 0.5) is 0 Å². The number of nitrogens with one attached hydrogen (secondary N) is 1. The summed E-state index contributed by atoms with van der Waals surface area (Å²) in [6, 6.07) is 7.95. The maximum atomic E-state index is 12.2. The maximum Gasteiger partial charge on any atom is 0.240 e. The molecule has 3 N–H and O–H groups in total. The molecule has 2 rings (SSSR count). The summed E-state index contributed by atoms with van der Waals surface area (Å²) in [5, 5.41) is 3.02. The van der Waals surface area contributed by atoms with Crippen LogP contribution in [-0.2, 0) is 4.79 Å². The summed E-state index contributed by atoms with van der Waals surface area (Å²) in [5.41, 5.74) is 6.57. The van der Waals surface area contributed by atoms with Crippen molar-refractivity contribution >= 4 is 21.8 Å². The Morgan fingerprint density at radius 1 is 1.44 bits per heavy atom. The van der Waals surface area contributed by atoms with Crippen molar-refractivity contribution in [3.63, 3.8) is 0 Å². The molecule has 1 aromatic rings. The molecule has 1 amide bonds. The molecule has 0 heterocycles. The molecule has 0 aromatic heterocycles. The molecular formula is C14H19BrN2O. The third-order valence-electron chi connectivity index (χ3n) is 3.64. The Labute approximate surface area is 116 Å². The maximum absolute atomic E-state index is 12.2. The van der Waals surface area contributed by atoms with Crippen LogP contribution in [0.25, 0.3) is 0 Å². The van der Waals surface area contributed by atoms with E-state index in [1.165, 1.54) is 0 Å². The summed E-state index contributed by atoms with van der Waals surface area (Å²) in [7, 11) is 0. The van der Waals surface area contributed by atoms with Gasteiger partial charge in [-0.2, -0.15) is 0 Å². The Hall–Kier alpha value is -0.870. The molecule has 3 nitrogen and oxygen atoms in total. The number of hydrogen-bond donors (Lipinski definition) is 2. The topological polar surface area (TPSA) is 55.1 Å². The summed E-state index contributed by atoms with van der Waals surface area (Å²) in [5.74, 6) is -0.0209. The lowest BCUT2D eigenvalue weighted by Gasteiger charge is -2.25. The third kappa shape index (κ3) is 2.93. The van der Waals surface area contributed by atoms with E-state index >= 15 is 0 Å². The molecule has 98 valence electrons. The fourth-order valence-corrected chi connectivity index (χ4v) is 2.85. The van der Waals surface area contributed by atoms with Crippen molar-refractivity contribution in [2.75, 3.05) is 0 Å². The number of rotatable bonds is 3. The minimum absolute atomic E-state index is 0.0176. The van der Waals surface area contributed by atoms with Crippen LogP contribution < -0.4 is 11.1 Å². The SMILES string of the molecule is CC(NC(=O)C1(N)CCCC1)c1cccc(Br)c1. The van der Waals surface area contributed by atoms with Crippen LogP contribution in [0, 0.1) is 0 Å². The van der Waals surface area contributed by atoms with Crippen molar-refractivity contribution in [3.05, 3.63) is 34.3 Å². The second kappa shape index (κ2) is 5.41. The molecule has 1 aromatic carbocycles. The molecule has 4 heteroatoms. The highest BCUT2D eigenvalue weighted by Crippen LogP contribution is 2.28. The van der Waals surface area contributed by atoms with Gasteiger partial charge in [0.1, 0.15) is 0 Å².